The molecule has 4 rings (SSSR count). The number of phenols is 1. The largest absolute Gasteiger partial charge is 0.504 e. The van der Waals surface area contributed by atoms with Crippen LogP contribution in [0.1, 0.15) is 12.0 Å². The van der Waals surface area contributed by atoms with Crippen LogP contribution in [0.25, 0.3) is 0 Å². The summed E-state index contributed by atoms with van der Waals surface area (Å²) in [6, 6.07) is 1.66. The number of allylic oxidation sites excluding steroid dienone is 2. The zero-order valence-corrected chi connectivity index (χ0v) is 18.9. The number of aliphatic hydroxyl groups is 4. The molecule has 0 aliphatic carbocycles. The number of aliphatic carboxylic acids is 2. The predicted octanol–water partition coefficient (Wildman–Crippen LogP) is -1.82. The topological polar surface area (TPSA) is 209 Å². The fraction of sp³-hybridized carbons (Fsp3) is 0.435. The number of carbonyl (C=O) groups is 2. The van der Waals surface area contributed by atoms with Crippen molar-refractivity contribution in [2.24, 2.45) is 0 Å². The molecule has 3 heterocycles. The molecule has 8 N–H and O–H groups in total. The summed E-state index contributed by atoms with van der Waals surface area (Å²) in [5.41, 5.74) is 1.59. The first-order valence-electron chi connectivity index (χ1n) is 11.2. The van der Waals surface area contributed by atoms with Gasteiger partial charge < -0.3 is 50.5 Å². The predicted molar refractivity (Wildman–Crippen MR) is 120 cm³/mol. The summed E-state index contributed by atoms with van der Waals surface area (Å²) in [6.07, 6.45) is -2.49. The maximum Gasteiger partial charge on any atom is 0.373 e. The summed E-state index contributed by atoms with van der Waals surface area (Å²) in [4.78, 5) is 23.1. The molecule has 0 aromatic heterocycles. The number of aromatic hydroxyl groups is 1. The van der Waals surface area contributed by atoms with Crippen LogP contribution in [-0.4, -0.2) is 108 Å². The van der Waals surface area contributed by atoms with E-state index < -0.39 is 61.0 Å². The Morgan fingerprint density at radius 3 is 2.58 bits per heavy atom. The molecule has 0 spiro atoms. The van der Waals surface area contributed by atoms with Crippen molar-refractivity contribution in [3.8, 4) is 11.5 Å². The Morgan fingerprint density at radius 1 is 1.17 bits per heavy atom. The van der Waals surface area contributed by atoms with Gasteiger partial charge in [-0.2, -0.15) is 4.58 Å². The number of rotatable bonds is 6. The van der Waals surface area contributed by atoms with Crippen molar-refractivity contribution in [2.45, 2.75) is 49.6 Å². The van der Waals surface area contributed by atoms with Crippen molar-refractivity contribution in [1.82, 2.24) is 5.32 Å². The highest BCUT2D eigenvalue weighted by molar-refractivity contribution is 5.87. The van der Waals surface area contributed by atoms with Gasteiger partial charge in [0.1, 0.15) is 30.1 Å². The maximum atomic E-state index is 11.9. The average molecular weight is 507 g/mol. The van der Waals surface area contributed by atoms with Crippen LogP contribution >= 0.6 is 0 Å². The van der Waals surface area contributed by atoms with E-state index in [4.69, 9.17) is 14.6 Å². The van der Waals surface area contributed by atoms with Gasteiger partial charge in [0.05, 0.1) is 19.1 Å². The molecule has 13 nitrogen and oxygen atoms in total. The lowest BCUT2D eigenvalue weighted by Crippen LogP contribution is -2.60. The second-order valence-corrected chi connectivity index (χ2v) is 8.66. The Balaban J connectivity index is 1.63. The van der Waals surface area contributed by atoms with Gasteiger partial charge in [-0.15, -0.1) is 0 Å². The first kappa shape index (κ1) is 25.6. The third-order valence-corrected chi connectivity index (χ3v) is 6.30. The maximum absolute atomic E-state index is 11.9. The van der Waals surface area contributed by atoms with Crippen molar-refractivity contribution in [3.63, 3.8) is 0 Å². The summed E-state index contributed by atoms with van der Waals surface area (Å²) in [5.74, 6) is -2.79. The molecule has 5 unspecified atom stereocenters. The molecule has 6 atom stereocenters. The quantitative estimate of drug-likeness (QED) is 0.200. The number of carboxylic acid groups (broad SMARTS) is 2. The first-order chi connectivity index (χ1) is 17.1. The molecule has 1 aromatic carbocycles. The molecule has 0 amide bonds. The van der Waals surface area contributed by atoms with Crippen LogP contribution in [0.5, 0.6) is 11.5 Å². The van der Waals surface area contributed by atoms with Crippen molar-refractivity contribution in [3.05, 3.63) is 41.1 Å². The minimum absolute atomic E-state index is 0.0325. The summed E-state index contributed by atoms with van der Waals surface area (Å²) in [7, 11) is 0. The van der Waals surface area contributed by atoms with Crippen LogP contribution in [0.3, 0.4) is 0 Å². The highest BCUT2D eigenvalue weighted by Crippen LogP contribution is 2.40. The second-order valence-electron chi connectivity index (χ2n) is 8.66. The van der Waals surface area contributed by atoms with Gasteiger partial charge >= 0.3 is 11.9 Å². The molecular formula is C23H27N2O11+. The SMILES string of the molecule is O=C(O)C1=C/C(=C/C=[N+]2c3cc(O)c(OC4OC(CO)C(O)C(O)C4O)cc3C[C@H]2C(=O)O)CCN1. The van der Waals surface area contributed by atoms with Gasteiger partial charge in [0, 0.05) is 18.2 Å². The van der Waals surface area contributed by atoms with E-state index in [9.17, 15) is 40.2 Å². The van der Waals surface area contributed by atoms with Gasteiger partial charge in [0.15, 0.2) is 17.7 Å². The monoisotopic (exact) mass is 507 g/mol. The number of nitrogens with one attached hydrogen (secondary N) is 1. The highest BCUT2D eigenvalue weighted by atomic mass is 16.7. The molecule has 36 heavy (non-hydrogen) atoms. The van der Waals surface area contributed by atoms with Gasteiger partial charge in [-0.1, -0.05) is 0 Å². The Bertz CT molecular complexity index is 1140. The summed E-state index contributed by atoms with van der Waals surface area (Å²) in [5, 5.41) is 71.7. The number of hydrogen-bond donors (Lipinski definition) is 8. The second kappa shape index (κ2) is 10.2. The smallest absolute Gasteiger partial charge is 0.373 e. The lowest BCUT2D eigenvalue weighted by molar-refractivity contribution is -0.456. The van der Waals surface area contributed by atoms with Crippen LogP contribution in [-0.2, 0) is 20.7 Å². The van der Waals surface area contributed by atoms with Crippen LogP contribution < -0.4 is 10.1 Å². The van der Waals surface area contributed by atoms with Gasteiger partial charge in [0.2, 0.25) is 12.0 Å². The van der Waals surface area contributed by atoms with Gasteiger partial charge in [-0.3, -0.25) is 0 Å². The van der Waals surface area contributed by atoms with E-state index in [-0.39, 0.29) is 17.9 Å². The zero-order chi connectivity index (χ0) is 26.1. The number of carboxylic acids is 2. The third kappa shape index (κ3) is 4.92. The van der Waals surface area contributed by atoms with Crippen LogP contribution in [0.2, 0.25) is 0 Å². The van der Waals surface area contributed by atoms with Crippen molar-refractivity contribution in [1.29, 1.82) is 0 Å². The summed E-state index contributed by atoms with van der Waals surface area (Å²) < 4.78 is 12.3. The highest BCUT2D eigenvalue weighted by Gasteiger charge is 2.46. The minimum atomic E-state index is -1.69. The molecule has 0 bridgehead atoms. The number of phenolic OH excluding ortho intramolecular Hbond substituents is 1. The van der Waals surface area contributed by atoms with Crippen molar-refractivity contribution in [2.75, 3.05) is 13.2 Å². The van der Waals surface area contributed by atoms with E-state index >= 15 is 0 Å². The lowest BCUT2D eigenvalue weighted by atomic mass is 9.99. The number of ether oxygens (including phenoxy) is 2. The number of benzene rings is 1. The number of aliphatic hydroxyl groups excluding tert-OH is 4. The Labute approximate surface area is 204 Å². The van der Waals surface area contributed by atoms with Crippen LogP contribution in [0.4, 0.5) is 5.69 Å². The fourth-order valence-electron chi connectivity index (χ4n) is 4.35. The zero-order valence-electron chi connectivity index (χ0n) is 18.9. The standard InChI is InChI=1S/C23H26N2O11/c26-9-17-18(28)19(29)20(30)23(36-17)35-16-7-11-6-14(22(33)34)25(13(11)8-15(16)27)4-2-10-1-3-24-12(5-10)21(31)32/h2,4-5,7-8,14,17-20,23,26,28-30H,1,3,6,9H2,(H3,27,31,32,33,34)/p+1/t14-,17?,18?,19?,20?,23?/m0/s1. The van der Waals surface area contributed by atoms with Crippen molar-refractivity contribution >= 4 is 23.8 Å². The van der Waals surface area contributed by atoms with E-state index in [1.807, 2.05) is 0 Å². The van der Waals surface area contributed by atoms with E-state index in [0.29, 0.717) is 29.8 Å². The molecular weight excluding hydrogens is 480 g/mol. The third-order valence-electron chi connectivity index (χ3n) is 6.30. The molecule has 1 aromatic rings. The molecule has 1 saturated heterocycles. The Morgan fingerprint density at radius 2 is 1.92 bits per heavy atom. The van der Waals surface area contributed by atoms with Crippen LogP contribution in [0.15, 0.2) is 35.6 Å². The van der Waals surface area contributed by atoms with Crippen LogP contribution in [0, 0.1) is 0 Å². The van der Waals surface area contributed by atoms with Crippen molar-refractivity contribution < 1.29 is 59.4 Å². The molecule has 0 radical (unpaired) electrons. The molecule has 13 heteroatoms. The molecule has 194 valence electrons. The lowest BCUT2D eigenvalue weighted by Gasteiger charge is -2.39. The number of hydrogen-bond acceptors (Lipinski definition) is 10. The van der Waals surface area contributed by atoms with Gasteiger partial charge in [-0.05, 0) is 24.1 Å². The van der Waals surface area contributed by atoms with E-state index in [2.05, 4.69) is 5.32 Å². The van der Waals surface area contributed by atoms with E-state index in [0.717, 1.165) is 0 Å². The molecule has 1 fully saturated rings. The summed E-state index contributed by atoms with van der Waals surface area (Å²) >= 11 is 0. The Hall–Kier alpha value is -3.49. The minimum Gasteiger partial charge on any atom is -0.504 e. The van der Waals surface area contributed by atoms with Gasteiger partial charge in [-0.25, -0.2) is 9.59 Å². The molecule has 3 aliphatic heterocycles. The van der Waals surface area contributed by atoms with E-state index in [1.54, 1.807) is 6.08 Å². The normalized spacial score (nSPS) is 32.1. The average Bonchev–Trinajstić information content (AvgIpc) is 3.20. The fourth-order valence-corrected chi connectivity index (χ4v) is 4.35. The van der Waals surface area contributed by atoms with E-state index in [1.165, 1.54) is 29.0 Å². The number of fused-ring (bicyclic) bond motifs is 1. The first-order valence-corrected chi connectivity index (χ1v) is 11.2. The van der Waals surface area contributed by atoms with Gasteiger partial charge in [0.25, 0.3) is 6.04 Å². The Kier molecular flexibility index (Phi) is 7.28. The molecule has 3 aliphatic rings. The summed E-state index contributed by atoms with van der Waals surface area (Å²) in [6.45, 7) is -0.239. The number of nitrogens with zero attached hydrogens (tertiary/aromatic N) is 1. The molecule has 0 saturated carbocycles.